The Hall–Kier alpha value is -2.11. The van der Waals surface area contributed by atoms with Crippen LogP contribution in [0, 0.1) is 13.8 Å². The summed E-state index contributed by atoms with van der Waals surface area (Å²) in [5, 5.41) is 0.513. The van der Waals surface area contributed by atoms with Gasteiger partial charge in [0, 0.05) is 22.3 Å². The number of nitrogens with zero attached hydrogens (tertiary/aromatic N) is 2. The van der Waals surface area contributed by atoms with Gasteiger partial charge in [-0.05, 0) is 61.4 Å². The summed E-state index contributed by atoms with van der Waals surface area (Å²) in [5.41, 5.74) is 4.18. The van der Waals surface area contributed by atoms with Crippen molar-refractivity contribution < 1.29 is 4.79 Å². The van der Waals surface area contributed by atoms with Gasteiger partial charge < -0.3 is 4.57 Å². The Morgan fingerprint density at radius 1 is 1.22 bits per heavy atom. The Labute approximate surface area is 168 Å². The van der Waals surface area contributed by atoms with E-state index in [0.717, 1.165) is 15.1 Å². The monoisotopic (exact) mass is 396 g/mol. The summed E-state index contributed by atoms with van der Waals surface area (Å²) < 4.78 is 3.19. The molecule has 0 atom stereocenters. The smallest absolute Gasteiger partial charge is 0.279 e. The van der Waals surface area contributed by atoms with Crippen LogP contribution in [0.5, 0.6) is 0 Å². The van der Waals surface area contributed by atoms with E-state index in [1.165, 1.54) is 11.1 Å². The third-order valence-electron chi connectivity index (χ3n) is 4.28. The lowest BCUT2D eigenvalue weighted by atomic mass is 10.1. The van der Waals surface area contributed by atoms with E-state index in [2.05, 4.69) is 56.0 Å². The minimum atomic E-state index is -0.214. The zero-order valence-electron chi connectivity index (χ0n) is 16.2. The normalized spacial score (nSPS) is 12.1. The molecule has 0 N–H and O–H groups in total. The van der Waals surface area contributed by atoms with Gasteiger partial charge in [-0.25, -0.2) is 0 Å². The van der Waals surface area contributed by atoms with Crippen LogP contribution in [0.15, 0.2) is 58.9 Å². The minimum absolute atomic E-state index is 0.214. The Morgan fingerprint density at radius 2 is 1.89 bits per heavy atom. The van der Waals surface area contributed by atoms with E-state index in [4.69, 9.17) is 0 Å². The van der Waals surface area contributed by atoms with E-state index in [1.54, 1.807) is 23.1 Å². The number of fused-ring (bicyclic) bond motifs is 1. The molecule has 1 heterocycles. The molecule has 3 nitrogen and oxygen atoms in total. The summed E-state index contributed by atoms with van der Waals surface area (Å²) in [6.45, 7) is 13.0. The Morgan fingerprint density at radius 3 is 2.52 bits per heavy atom. The molecule has 27 heavy (non-hydrogen) atoms. The van der Waals surface area contributed by atoms with Gasteiger partial charge in [-0.2, -0.15) is 4.99 Å². The summed E-state index contributed by atoms with van der Waals surface area (Å²) in [7, 11) is 0. The molecule has 140 valence electrons. The number of aromatic nitrogens is 1. The summed E-state index contributed by atoms with van der Waals surface area (Å²) in [5.74, 6) is -0.214. The maximum absolute atomic E-state index is 12.7. The van der Waals surface area contributed by atoms with E-state index in [0.29, 0.717) is 22.2 Å². The SMILES string of the molecule is C=CCn1c(=NC(=O)c2ccc(SC(C)C)cc2)sc2cc(C)c(C)cc21. The van der Waals surface area contributed by atoms with Gasteiger partial charge in [0.1, 0.15) is 0 Å². The molecule has 2 aromatic carbocycles. The van der Waals surface area contributed by atoms with Gasteiger partial charge in [-0.15, -0.1) is 18.3 Å². The van der Waals surface area contributed by atoms with Gasteiger partial charge in [0.25, 0.3) is 5.91 Å². The highest BCUT2D eigenvalue weighted by atomic mass is 32.2. The Balaban J connectivity index is 2.02. The molecule has 0 aliphatic heterocycles. The Kier molecular flexibility index (Phi) is 6.02. The molecule has 0 saturated carbocycles. The van der Waals surface area contributed by atoms with Crippen molar-refractivity contribution in [3.05, 3.63) is 70.5 Å². The fourth-order valence-electron chi connectivity index (χ4n) is 2.81. The number of carbonyl (C=O) groups is 1. The van der Waals surface area contributed by atoms with E-state index in [1.807, 2.05) is 30.3 Å². The third kappa shape index (κ3) is 4.42. The molecule has 0 aliphatic rings. The predicted molar refractivity (Wildman–Crippen MR) is 117 cm³/mol. The van der Waals surface area contributed by atoms with Crippen molar-refractivity contribution >= 4 is 39.2 Å². The second-order valence-corrected chi connectivity index (χ2v) is 9.46. The van der Waals surface area contributed by atoms with Crippen LogP contribution in [-0.2, 0) is 6.54 Å². The Bertz CT molecular complexity index is 1060. The molecule has 0 radical (unpaired) electrons. The van der Waals surface area contributed by atoms with E-state index in [-0.39, 0.29) is 5.91 Å². The lowest BCUT2D eigenvalue weighted by Gasteiger charge is -2.05. The van der Waals surface area contributed by atoms with Crippen LogP contribution in [0.2, 0.25) is 0 Å². The van der Waals surface area contributed by atoms with Crippen LogP contribution in [0.1, 0.15) is 35.3 Å². The number of hydrogen-bond donors (Lipinski definition) is 0. The van der Waals surface area contributed by atoms with Crippen LogP contribution >= 0.6 is 23.1 Å². The maximum Gasteiger partial charge on any atom is 0.279 e. The topological polar surface area (TPSA) is 34.4 Å². The van der Waals surface area contributed by atoms with Gasteiger partial charge in [-0.1, -0.05) is 31.3 Å². The van der Waals surface area contributed by atoms with Crippen molar-refractivity contribution in [2.45, 2.75) is 44.4 Å². The molecule has 0 bridgehead atoms. The standard InChI is InChI=1S/C22H24N2OS2/c1-6-11-24-19-12-15(4)16(5)13-20(19)27-22(24)23-21(25)17-7-9-18(10-8-17)26-14(2)3/h6-10,12-14H,1,11H2,2-5H3. The zero-order chi connectivity index (χ0) is 19.6. The summed E-state index contributed by atoms with van der Waals surface area (Å²) >= 11 is 3.33. The van der Waals surface area contributed by atoms with Crippen LogP contribution in [0.3, 0.4) is 0 Å². The van der Waals surface area contributed by atoms with Crippen molar-refractivity contribution in [3.63, 3.8) is 0 Å². The van der Waals surface area contributed by atoms with E-state index < -0.39 is 0 Å². The molecular weight excluding hydrogens is 372 g/mol. The van der Waals surface area contributed by atoms with Crippen molar-refractivity contribution in [1.82, 2.24) is 4.57 Å². The number of thioether (sulfide) groups is 1. The first-order valence-corrected chi connectivity index (χ1v) is 10.7. The van der Waals surface area contributed by atoms with E-state index in [9.17, 15) is 4.79 Å². The molecular formula is C22H24N2OS2. The quantitative estimate of drug-likeness (QED) is 0.407. The average Bonchev–Trinajstić information content (AvgIpc) is 2.92. The number of rotatable bonds is 5. The van der Waals surface area contributed by atoms with Crippen LogP contribution in [0.4, 0.5) is 0 Å². The second-order valence-electron chi connectivity index (χ2n) is 6.80. The second kappa shape index (κ2) is 8.28. The van der Waals surface area contributed by atoms with E-state index >= 15 is 0 Å². The van der Waals surface area contributed by atoms with Crippen molar-refractivity contribution in [1.29, 1.82) is 0 Å². The van der Waals surface area contributed by atoms with Crippen LogP contribution in [-0.4, -0.2) is 15.7 Å². The first-order chi connectivity index (χ1) is 12.9. The first kappa shape index (κ1) is 19.6. The summed E-state index contributed by atoms with van der Waals surface area (Å²) in [6, 6.07) is 12.0. The molecule has 1 amide bonds. The number of aryl methyl sites for hydroxylation is 2. The lowest BCUT2D eigenvalue weighted by Crippen LogP contribution is -2.16. The summed E-state index contributed by atoms with van der Waals surface area (Å²) in [6.07, 6.45) is 1.84. The molecule has 3 rings (SSSR count). The number of allylic oxidation sites excluding steroid dienone is 1. The number of amides is 1. The zero-order valence-corrected chi connectivity index (χ0v) is 17.8. The molecule has 0 saturated heterocycles. The van der Waals surface area contributed by atoms with Gasteiger partial charge in [0.2, 0.25) is 0 Å². The number of hydrogen-bond acceptors (Lipinski definition) is 3. The lowest BCUT2D eigenvalue weighted by molar-refractivity contribution is 0.0998. The molecule has 0 unspecified atom stereocenters. The van der Waals surface area contributed by atoms with Gasteiger partial charge in [0.05, 0.1) is 10.2 Å². The fourth-order valence-corrected chi connectivity index (χ4v) is 4.77. The minimum Gasteiger partial charge on any atom is -0.312 e. The molecule has 0 spiro atoms. The average molecular weight is 397 g/mol. The highest BCUT2D eigenvalue weighted by Crippen LogP contribution is 2.24. The number of carbonyl (C=O) groups excluding carboxylic acids is 1. The number of benzene rings is 2. The molecule has 0 fully saturated rings. The summed E-state index contributed by atoms with van der Waals surface area (Å²) in [4.78, 5) is 19.0. The maximum atomic E-state index is 12.7. The predicted octanol–water partition coefficient (Wildman–Crippen LogP) is 5.75. The van der Waals surface area contributed by atoms with Crippen LogP contribution < -0.4 is 4.80 Å². The first-order valence-electron chi connectivity index (χ1n) is 8.96. The molecule has 0 aliphatic carbocycles. The van der Waals surface area contributed by atoms with Crippen molar-refractivity contribution in [3.8, 4) is 0 Å². The highest BCUT2D eigenvalue weighted by molar-refractivity contribution is 7.99. The fraction of sp³-hybridized carbons (Fsp3) is 0.273. The number of thiazole rings is 1. The molecule has 1 aromatic heterocycles. The molecule has 5 heteroatoms. The van der Waals surface area contributed by atoms with Gasteiger partial charge >= 0.3 is 0 Å². The largest absolute Gasteiger partial charge is 0.312 e. The van der Waals surface area contributed by atoms with Crippen molar-refractivity contribution in [2.24, 2.45) is 4.99 Å². The highest BCUT2D eigenvalue weighted by Gasteiger charge is 2.10. The third-order valence-corrected chi connectivity index (χ3v) is 6.34. The van der Waals surface area contributed by atoms with Gasteiger partial charge in [0.15, 0.2) is 4.80 Å². The molecule has 3 aromatic rings. The van der Waals surface area contributed by atoms with Crippen molar-refractivity contribution in [2.75, 3.05) is 0 Å². The van der Waals surface area contributed by atoms with Crippen LogP contribution in [0.25, 0.3) is 10.2 Å². The van der Waals surface area contributed by atoms with Gasteiger partial charge in [-0.3, -0.25) is 4.79 Å².